The van der Waals surface area contributed by atoms with Gasteiger partial charge in [-0.05, 0) is 75.9 Å². The predicted octanol–water partition coefficient (Wildman–Crippen LogP) is 4.88. The van der Waals surface area contributed by atoms with Gasteiger partial charge in [-0.15, -0.1) is 11.3 Å². The highest BCUT2D eigenvalue weighted by Gasteiger charge is 2.48. The van der Waals surface area contributed by atoms with E-state index in [9.17, 15) is 9.59 Å². The first-order valence-corrected chi connectivity index (χ1v) is 14.1. The number of hydrogen-bond acceptors (Lipinski definition) is 4. The first kappa shape index (κ1) is 23.9. The summed E-state index contributed by atoms with van der Waals surface area (Å²) < 4.78 is 3.20. The van der Waals surface area contributed by atoms with Crippen LogP contribution in [0.4, 0.5) is 0 Å². The third-order valence-electron chi connectivity index (χ3n) is 8.76. The molecule has 2 aromatic rings. The van der Waals surface area contributed by atoms with E-state index in [1.165, 1.54) is 32.1 Å². The van der Waals surface area contributed by atoms with Crippen LogP contribution >= 0.6 is 11.3 Å². The Morgan fingerprint density at radius 1 is 1.18 bits per heavy atom. The number of carbonyl (C=O) groups excluding carboxylic acids is 2. The van der Waals surface area contributed by atoms with Gasteiger partial charge in [0.15, 0.2) is 0 Å². The van der Waals surface area contributed by atoms with Crippen molar-refractivity contribution in [2.24, 2.45) is 5.92 Å². The topological polar surface area (TPSA) is 57.6 Å². The molecule has 2 aliphatic carbocycles. The van der Waals surface area contributed by atoms with Gasteiger partial charge in [0.25, 0.3) is 5.91 Å². The van der Waals surface area contributed by atoms with Gasteiger partial charge in [-0.1, -0.05) is 26.2 Å². The number of carbonyl (C=O) groups is 2. The van der Waals surface area contributed by atoms with Crippen LogP contribution in [0, 0.1) is 5.92 Å². The minimum absolute atomic E-state index is 0.00320. The third-order valence-corrected chi connectivity index (χ3v) is 9.62. The normalized spacial score (nSPS) is 28.5. The molecule has 6 nitrogen and oxygen atoms in total. The molecular weight excluding hydrogens is 444 g/mol. The second-order valence-corrected chi connectivity index (χ2v) is 12.2. The van der Waals surface area contributed by atoms with E-state index in [1.807, 2.05) is 17.9 Å². The zero-order chi connectivity index (χ0) is 23.9. The SMILES string of the molecule is CC1CCC(NC(=O)C2(C)Cn3c(cc4sccc43)C(=O)N2CCN(C)C2CCCCC2)CC1. The second kappa shape index (κ2) is 9.65. The molecule has 5 rings (SSSR count). The number of nitrogens with zero attached hydrogens (tertiary/aromatic N) is 3. The zero-order valence-corrected chi connectivity index (χ0v) is 21.8. The minimum Gasteiger partial charge on any atom is -0.351 e. The van der Waals surface area contributed by atoms with Gasteiger partial charge in [-0.3, -0.25) is 9.59 Å². The van der Waals surface area contributed by atoms with Gasteiger partial charge in [0.1, 0.15) is 11.2 Å². The summed E-state index contributed by atoms with van der Waals surface area (Å²) in [7, 11) is 2.18. The number of thiophene rings is 1. The summed E-state index contributed by atoms with van der Waals surface area (Å²) in [5, 5.41) is 5.42. The van der Waals surface area contributed by atoms with Crippen LogP contribution in [0.2, 0.25) is 0 Å². The van der Waals surface area contributed by atoms with Crippen molar-refractivity contribution < 1.29 is 9.59 Å². The van der Waals surface area contributed by atoms with Crippen LogP contribution in [0.25, 0.3) is 10.2 Å². The van der Waals surface area contributed by atoms with Crippen molar-refractivity contribution in [1.82, 2.24) is 19.7 Å². The van der Waals surface area contributed by atoms with Gasteiger partial charge >= 0.3 is 0 Å². The van der Waals surface area contributed by atoms with Gasteiger partial charge in [0.2, 0.25) is 5.91 Å². The highest BCUT2D eigenvalue weighted by atomic mass is 32.1. The lowest BCUT2D eigenvalue weighted by atomic mass is 9.86. The van der Waals surface area contributed by atoms with Crippen LogP contribution in [0.5, 0.6) is 0 Å². The molecule has 3 heterocycles. The molecule has 1 unspecified atom stereocenters. The quantitative estimate of drug-likeness (QED) is 0.636. The fourth-order valence-corrected chi connectivity index (χ4v) is 7.15. The Labute approximate surface area is 207 Å². The Kier molecular flexibility index (Phi) is 6.77. The third kappa shape index (κ3) is 4.41. The summed E-state index contributed by atoms with van der Waals surface area (Å²) in [6, 6.07) is 4.89. The van der Waals surface area contributed by atoms with E-state index in [-0.39, 0.29) is 17.9 Å². The number of hydrogen-bond donors (Lipinski definition) is 1. The molecule has 1 aliphatic heterocycles. The Morgan fingerprint density at radius 3 is 2.65 bits per heavy atom. The number of rotatable bonds is 6. The van der Waals surface area contributed by atoms with Crippen LogP contribution in [-0.2, 0) is 11.3 Å². The molecule has 2 aromatic heterocycles. The average molecular weight is 485 g/mol. The summed E-state index contributed by atoms with van der Waals surface area (Å²) in [5.41, 5.74) is 0.894. The zero-order valence-electron chi connectivity index (χ0n) is 21.0. The second-order valence-electron chi connectivity index (χ2n) is 11.2. The molecule has 0 spiro atoms. The van der Waals surface area contributed by atoms with Crippen molar-refractivity contribution >= 4 is 33.4 Å². The van der Waals surface area contributed by atoms with Gasteiger partial charge in [-0.2, -0.15) is 0 Å². The number of aromatic nitrogens is 1. The van der Waals surface area contributed by atoms with Crippen LogP contribution < -0.4 is 5.32 Å². The molecule has 34 heavy (non-hydrogen) atoms. The molecule has 0 aromatic carbocycles. The van der Waals surface area contributed by atoms with E-state index in [0.29, 0.717) is 19.1 Å². The molecule has 7 heteroatoms. The molecular formula is C27H40N4O2S. The molecule has 1 N–H and O–H groups in total. The van der Waals surface area contributed by atoms with Gasteiger partial charge in [0.05, 0.1) is 16.8 Å². The lowest BCUT2D eigenvalue weighted by Gasteiger charge is -2.45. The fourth-order valence-electron chi connectivity index (χ4n) is 6.33. The first-order chi connectivity index (χ1) is 16.4. The molecule has 0 radical (unpaired) electrons. The predicted molar refractivity (Wildman–Crippen MR) is 138 cm³/mol. The standard InChI is InChI=1S/C27H40N4O2S/c1-19-9-11-20(12-10-19)28-26(33)27(2)18-30-22-13-16-34-24(22)17-23(30)25(32)31(27)15-14-29(3)21-7-5-4-6-8-21/h13,16-17,19-21H,4-12,14-15,18H2,1-3H3,(H,28,33). The van der Waals surface area contributed by atoms with Crippen molar-refractivity contribution in [2.75, 3.05) is 20.1 Å². The van der Waals surface area contributed by atoms with E-state index in [2.05, 4.69) is 40.2 Å². The monoisotopic (exact) mass is 484 g/mol. The molecule has 3 aliphatic rings. The highest BCUT2D eigenvalue weighted by Crippen LogP contribution is 2.35. The van der Waals surface area contributed by atoms with Crippen molar-refractivity contribution in [2.45, 2.75) is 95.8 Å². The minimum atomic E-state index is -0.894. The highest BCUT2D eigenvalue weighted by molar-refractivity contribution is 7.17. The summed E-state index contributed by atoms with van der Waals surface area (Å²) in [6.07, 6.45) is 10.8. The van der Waals surface area contributed by atoms with Gasteiger partial charge < -0.3 is 19.7 Å². The Bertz CT molecular complexity index is 1030. The molecule has 0 saturated heterocycles. The van der Waals surface area contributed by atoms with Crippen LogP contribution in [0.3, 0.4) is 0 Å². The maximum absolute atomic E-state index is 13.8. The van der Waals surface area contributed by atoms with E-state index >= 15 is 0 Å². The fraction of sp³-hybridized carbons (Fsp3) is 0.704. The van der Waals surface area contributed by atoms with Crippen molar-refractivity contribution in [1.29, 1.82) is 0 Å². The molecule has 186 valence electrons. The smallest absolute Gasteiger partial charge is 0.271 e. The van der Waals surface area contributed by atoms with E-state index in [1.54, 1.807) is 11.3 Å². The maximum Gasteiger partial charge on any atom is 0.271 e. The summed E-state index contributed by atoms with van der Waals surface area (Å²) >= 11 is 1.66. The lowest BCUT2D eigenvalue weighted by molar-refractivity contribution is -0.134. The average Bonchev–Trinajstić information content (AvgIpc) is 3.43. The number of nitrogens with one attached hydrogen (secondary N) is 1. The Hall–Kier alpha value is -1.86. The molecule has 1 atom stereocenters. The Balaban J connectivity index is 1.39. The van der Waals surface area contributed by atoms with Gasteiger partial charge in [0, 0.05) is 25.2 Å². The van der Waals surface area contributed by atoms with Crippen LogP contribution in [0.15, 0.2) is 17.5 Å². The molecule has 2 fully saturated rings. The molecule has 0 bridgehead atoms. The van der Waals surface area contributed by atoms with Crippen molar-refractivity contribution in [3.05, 3.63) is 23.2 Å². The Morgan fingerprint density at radius 2 is 1.91 bits per heavy atom. The largest absolute Gasteiger partial charge is 0.351 e. The van der Waals surface area contributed by atoms with Crippen LogP contribution in [0.1, 0.15) is 82.1 Å². The van der Waals surface area contributed by atoms with E-state index in [0.717, 1.165) is 54.1 Å². The first-order valence-electron chi connectivity index (χ1n) is 13.3. The van der Waals surface area contributed by atoms with Crippen molar-refractivity contribution in [3.8, 4) is 0 Å². The summed E-state index contributed by atoms with van der Waals surface area (Å²) in [6.45, 7) is 6.17. The van der Waals surface area contributed by atoms with E-state index in [4.69, 9.17) is 0 Å². The van der Waals surface area contributed by atoms with Crippen LogP contribution in [-0.4, -0.2) is 63.9 Å². The van der Waals surface area contributed by atoms with Crippen molar-refractivity contribution in [3.63, 3.8) is 0 Å². The number of likely N-dealkylation sites (N-methyl/N-ethyl adjacent to an activating group) is 1. The lowest BCUT2D eigenvalue weighted by Crippen LogP contribution is -2.66. The molecule has 2 saturated carbocycles. The number of amides is 2. The molecule has 2 amide bonds. The summed E-state index contributed by atoms with van der Waals surface area (Å²) in [4.78, 5) is 32.0. The van der Waals surface area contributed by atoms with E-state index < -0.39 is 5.54 Å². The summed E-state index contributed by atoms with van der Waals surface area (Å²) in [5.74, 6) is 0.728. The number of fused-ring (bicyclic) bond motifs is 3. The van der Waals surface area contributed by atoms with Gasteiger partial charge in [-0.25, -0.2) is 0 Å². The maximum atomic E-state index is 13.8.